The summed E-state index contributed by atoms with van der Waals surface area (Å²) in [5, 5.41) is 0. The van der Waals surface area contributed by atoms with Crippen LogP contribution in [0.1, 0.15) is 12.5 Å². The Morgan fingerprint density at radius 2 is 2.00 bits per heavy atom. The first-order valence-electron chi connectivity index (χ1n) is 3.34. The Hall–Kier alpha value is 0.655. The normalized spacial score (nSPS) is 7.75. The molecule has 1 aromatic rings. The fourth-order valence-corrected chi connectivity index (χ4v) is 0.753. The molecule has 0 bridgehead atoms. The minimum absolute atomic E-state index is 0. The summed E-state index contributed by atoms with van der Waals surface area (Å²) in [6.07, 6.45) is 0.960. The van der Waals surface area contributed by atoms with E-state index >= 15 is 0 Å². The maximum absolute atomic E-state index is 10.7. The van der Waals surface area contributed by atoms with Gasteiger partial charge in [0.15, 0.2) is 0 Å². The molecule has 0 aromatic heterocycles. The zero-order valence-electron chi connectivity index (χ0n) is 7.37. The molecule has 60 valence electrons. The van der Waals surface area contributed by atoms with Crippen molar-refractivity contribution in [3.05, 3.63) is 46.1 Å². The maximum atomic E-state index is 10.7. The van der Waals surface area contributed by atoms with Gasteiger partial charge in [0.1, 0.15) is 0 Å². The third kappa shape index (κ3) is 5.33. The maximum Gasteiger partial charge on any atom is 1.00 e. The summed E-state index contributed by atoms with van der Waals surface area (Å²) in [4.78, 5) is 10.7. The Morgan fingerprint density at radius 1 is 1.33 bits per heavy atom. The van der Waals surface area contributed by atoms with Gasteiger partial charge in [-0.15, -0.1) is 23.8 Å². The first-order valence-corrected chi connectivity index (χ1v) is 3.34. The van der Waals surface area contributed by atoms with E-state index < -0.39 is 0 Å². The van der Waals surface area contributed by atoms with Crippen LogP contribution in [0.15, 0.2) is 29.1 Å². The number of hydrogen-bond acceptors (Lipinski definition) is 2. The number of aryl methyl sites for hydroxylation is 1. The molecule has 0 atom stereocenters. The second-order valence-electron chi connectivity index (χ2n) is 2.10. The molecule has 0 radical (unpaired) electrons. The van der Waals surface area contributed by atoms with Crippen LogP contribution in [0.2, 0.25) is 0 Å². The van der Waals surface area contributed by atoms with Crippen LogP contribution in [-0.2, 0) is 6.42 Å². The number of hydrogen-bond donors (Lipinski definition) is 0. The second kappa shape index (κ2) is 8.26. The molecule has 0 unspecified atom stereocenters. The van der Waals surface area contributed by atoms with Crippen LogP contribution < -0.4 is 63.6 Å². The van der Waals surface area contributed by atoms with Crippen LogP contribution in [0.3, 0.4) is 0 Å². The third-order valence-electron chi connectivity index (χ3n) is 1.38. The van der Waals surface area contributed by atoms with E-state index in [9.17, 15) is 4.79 Å². The van der Waals surface area contributed by atoms with Crippen LogP contribution in [0.5, 0.6) is 0 Å². The zero-order chi connectivity index (χ0) is 7.40. The van der Waals surface area contributed by atoms with Gasteiger partial charge in [0.2, 0.25) is 0 Å². The molecule has 2 nitrogen and oxygen atoms in total. The fraction of sp³-hybridized carbons (Fsp3) is 0.222. The van der Waals surface area contributed by atoms with Gasteiger partial charge in [0.25, 0.3) is 0 Å². The second-order valence-corrected chi connectivity index (χ2v) is 2.10. The van der Waals surface area contributed by atoms with Crippen LogP contribution in [0, 0.1) is 6.07 Å². The molecule has 3 heteroatoms. The first kappa shape index (κ1) is 15.1. The van der Waals surface area contributed by atoms with Crippen LogP contribution in [-0.4, -0.2) is 5.48 Å². The van der Waals surface area contributed by atoms with Crippen molar-refractivity contribution < 1.29 is 63.7 Å². The van der Waals surface area contributed by atoms with Crippen LogP contribution >= 0.6 is 0 Å². The van der Waals surface area contributed by atoms with Gasteiger partial charge in [-0.1, -0.05) is 6.92 Å². The topological polar surface area (TPSA) is 47.1 Å². The van der Waals surface area contributed by atoms with Gasteiger partial charge in [0.05, 0.1) is 5.43 Å². The van der Waals surface area contributed by atoms with E-state index in [2.05, 4.69) is 13.0 Å². The Morgan fingerprint density at radius 3 is 2.58 bits per heavy atom. The van der Waals surface area contributed by atoms with Gasteiger partial charge in [-0.3, -0.25) is 0 Å². The minimum Gasteiger partial charge on any atom is -0.870 e. The van der Waals surface area contributed by atoms with Crippen molar-refractivity contribution >= 4 is 0 Å². The van der Waals surface area contributed by atoms with Gasteiger partial charge in [-0.25, -0.2) is 0 Å². The average Bonchev–Trinajstić information content (AvgIpc) is 2.14. The van der Waals surface area contributed by atoms with E-state index in [1.165, 1.54) is 5.56 Å². The van der Waals surface area contributed by atoms with Crippen molar-refractivity contribution in [2.45, 2.75) is 13.3 Å². The Bertz CT molecular complexity index is 273. The van der Waals surface area contributed by atoms with E-state index in [1.807, 2.05) is 12.1 Å². The largest absolute Gasteiger partial charge is 1.00 e. The molecule has 0 amide bonds. The van der Waals surface area contributed by atoms with E-state index in [0.29, 0.717) is 0 Å². The number of rotatable bonds is 1. The molecule has 0 spiro atoms. The van der Waals surface area contributed by atoms with Gasteiger partial charge in [-0.2, -0.15) is 12.1 Å². The zero-order valence-corrected chi connectivity index (χ0v) is 12.3. The van der Waals surface area contributed by atoms with Gasteiger partial charge in [-0.05, 0) is 6.42 Å². The molecule has 1 rings (SSSR count). The summed E-state index contributed by atoms with van der Waals surface area (Å²) in [5.41, 5.74) is 1.11. The summed E-state index contributed by atoms with van der Waals surface area (Å²) < 4.78 is 0. The molecule has 0 fully saturated rings. The average molecular weight is 236 g/mol. The van der Waals surface area contributed by atoms with Gasteiger partial charge >= 0.3 is 58.2 Å². The summed E-state index contributed by atoms with van der Waals surface area (Å²) in [6.45, 7) is 2.06. The van der Waals surface area contributed by atoms with Crippen molar-refractivity contribution in [2.75, 3.05) is 0 Å². The molecule has 0 aliphatic heterocycles. The third-order valence-corrected chi connectivity index (χ3v) is 1.38. The molecule has 0 saturated carbocycles. The summed E-state index contributed by atoms with van der Waals surface area (Å²) >= 11 is 0. The Labute approximate surface area is 121 Å². The van der Waals surface area contributed by atoms with Crippen molar-refractivity contribution in [3.63, 3.8) is 0 Å². The van der Waals surface area contributed by atoms with Crippen molar-refractivity contribution in [2.24, 2.45) is 0 Å². The molecule has 0 aliphatic rings. The monoisotopic (exact) mass is 235 g/mol. The Balaban J connectivity index is 0. The summed E-state index contributed by atoms with van der Waals surface area (Å²) in [6, 6.07) is 9.53. The molecular formula is C9H10O2Rb-. The van der Waals surface area contributed by atoms with E-state index in [-0.39, 0.29) is 69.1 Å². The fourth-order valence-electron chi connectivity index (χ4n) is 0.753. The van der Waals surface area contributed by atoms with Crippen molar-refractivity contribution in [1.82, 2.24) is 0 Å². The predicted octanol–water partition coefficient (Wildman–Crippen LogP) is -1.76. The van der Waals surface area contributed by atoms with Crippen molar-refractivity contribution in [3.8, 4) is 0 Å². The van der Waals surface area contributed by atoms with Crippen LogP contribution in [0.25, 0.3) is 0 Å². The smallest absolute Gasteiger partial charge is 0.870 e. The SMILES string of the molecule is CCc1cc[c-]c(=O)cc1.[OH-].[Rb+]. The standard InChI is InChI=1S/C9H9O.H2O.Rb/c1-2-8-4-3-5-9(10)7-6-8;;/h3-4,6-7H,2H2,1H3;1H2;/q-1;;+1/p-1. The predicted molar refractivity (Wildman–Crippen MR) is 42.9 cm³/mol. The van der Waals surface area contributed by atoms with Crippen LogP contribution in [0.4, 0.5) is 0 Å². The van der Waals surface area contributed by atoms with Gasteiger partial charge in [0, 0.05) is 0 Å². The molecule has 0 saturated heterocycles. The van der Waals surface area contributed by atoms with E-state index in [0.717, 1.165) is 6.42 Å². The van der Waals surface area contributed by atoms with Gasteiger partial charge < -0.3 is 10.3 Å². The van der Waals surface area contributed by atoms with E-state index in [4.69, 9.17) is 0 Å². The van der Waals surface area contributed by atoms with Crippen molar-refractivity contribution in [1.29, 1.82) is 0 Å². The Kier molecular flexibility index (Phi) is 10.4. The first-order chi connectivity index (χ1) is 4.83. The quantitative estimate of drug-likeness (QED) is 0.542. The molecular weight excluding hydrogens is 226 g/mol. The molecule has 1 N–H and O–H groups in total. The minimum atomic E-state index is -0.0558. The molecule has 0 heterocycles. The van der Waals surface area contributed by atoms with E-state index in [1.54, 1.807) is 12.1 Å². The summed E-state index contributed by atoms with van der Waals surface area (Å²) in [7, 11) is 0. The summed E-state index contributed by atoms with van der Waals surface area (Å²) in [5.74, 6) is 0. The molecule has 12 heavy (non-hydrogen) atoms. The molecule has 1 aromatic carbocycles. The molecule has 0 aliphatic carbocycles.